The summed E-state index contributed by atoms with van der Waals surface area (Å²) in [4.78, 5) is 26.3. The standard InChI is InChI=1S/C20H27N3O2/c24-19(23-11-4-5-12-23)18-10-6-9-17(13-18)15-22-20(25)21-14-16-7-2-1-3-8-16/h1-2,6,9-10,13,16H,3-5,7-8,11-12,14-15H2,(H2,21,22,25)/t16-/m0/s1. The Morgan fingerprint density at radius 1 is 1.12 bits per heavy atom. The predicted molar refractivity (Wildman–Crippen MR) is 98.3 cm³/mol. The molecule has 5 nitrogen and oxygen atoms in total. The summed E-state index contributed by atoms with van der Waals surface area (Å²) in [6, 6.07) is 7.40. The van der Waals surface area contributed by atoms with Gasteiger partial charge in [0.2, 0.25) is 0 Å². The first-order valence-electron chi connectivity index (χ1n) is 9.27. The molecule has 2 N–H and O–H groups in total. The molecule has 134 valence electrons. The van der Waals surface area contributed by atoms with Crippen LogP contribution in [0.2, 0.25) is 0 Å². The van der Waals surface area contributed by atoms with Crippen molar-refractivity contribution in [2.45, 2.75) is 38.6 Å². The van der Waals surface area contributed by atoms with Crippen LogP contribution in [0.3, 0.4) is 0 Å². The fourth-order valence-corrected chi connectivity index (χ4v) is 3.44. The van der Waals surface area contributed by atoms with Crippen LogP contribution in [-0.4, -0.2) is 36.5 Å². The third-order valence-electron chi connectivity index (χ3n) is 4.95. The number of nitrogens with one attached hydrogen (secondary N) is 2. The van der Waals surface area contributed by atoms with E-state index in [9.17, 15) is 9.59 Å². The lowest BCUT2D eigenvalue weighted by Gasteiger charge is -2.18. The summed E-state index contributed by atoms with van der Waals surface area (Å²) in [6.07, 6.45) is 9.85. The van der Waals surface area contributed by atoms with Gasteiger partial charge in [-0.1, -0.05) is 24.3 Å². The highest BCUT2D eigenvalue weighted by Crippen LogP contribution is 2.17. The molecule has 1 atom stereocenters. The second-order valence-corrected chi connectivity index (χ2v) is 6.91. The Morgan fingerprint density at radius 3 is 2.72 bits per heavy atom. The summed E-state index contributed by atoms with van der Waals surface area (Å²) in [7, 11) is 0. The monoisotopic (exact) mass is 341 g/mol. The van der Waals surface area contributed by atoms with Crippen molar-refractivity contribution in [2.24, 2.45) is 5.92 Å². The van der Waals surface area contributed by atoms with Crippen LogP contribution in [0, 0.1) is 5.92 Å². The first kappa shape index (κ1) is 17.5. The Bertz CT molecular complexity index is 636. The molecule has 1 heterocycles. The molecule has 2 aliphatic rings. The van der Waals surface area contributed by atoms with E-state index in [1.807, 2.05) is 29.2 Å². The molecule has 1 saturated heterocycles. The van der Waals surface area contributed by atoms with Crippen molar-refractivity contribution in [3.63, 3.8) is 0 Å². The van der Waals surface area contributed by atoms with Crippen molar-refractivity contribution in [2.75, 3.05) is 19.6 Å². The summed E-state index contributed by atoms with van der Waals surface area (Å²) in [5.74, 6) is 0.631. The summed E-state index contributed by atoms with van der Waals surface area (Å²) in [5.41, 5.74) is 1.65. The van der Waals surface area contributed by atoms with Gasteiger partial charge in [0, 0.05) is 31.7 Å². The zero-order valence-electron chi connectivity index (χ0n) is 14.7. The average Bonchev–Trinajstić information content (AvgIpc) is 3.20. The second kappa shape index (κ2) is 8.70. The summed E-state index contributed by atoms with van der Waals surface area (Å²) >= 11 is 0. The van der Waals surface area contributed by atoms with Gasteiger partial charge < -0.3 is 15.5 Å². The van der Waals surface area contributed by atoms with Gasteiger partial charge in [0.25, 0.3) is 5.91 Å². The van der Waals surface area contributed by atoms with Gasteiger partial charge >= 0.3 is 6.03 Å². The minimum atomic E-state index is -0.147. The molecule has 0 aromatic heterocycles. The molecule has 25 heavy (non-hydrogen) atoms. The van der Waals surface area contributed by atoms with Crippen molar-refractivity contribution in [3.8, 4) is 0 Å². The normalized spacial score (nSPS) is 19.7. The molecule has 0 spiro atoms. The SMILES string of the molecule is O=C(NCc1cccc(C(=O)N2CCCC2)c1)NC[C@H]1CC=CCC1. The van der Waals surface area contributed by atoms with Crippen LogP contribution >= 0.6 is 0 Å². The average molecular weight is 341 g/mol. The molecule has 0 unspecified atom stereocenters. The predicted octanol–water partition coefficient (Wildman–Crippen LogP) is 3.08. The number of amides is 3. The van der Waals surface area contributed by atoms with Gasteiger partial charge in [-0.05, 0) is 55.7 Å². The summed E-state index contributed by atoms with van der Waals surface area (Å²) < 4.78 is 0. The van der Waals surface area contributed by atoms with E-state index >= 15 is 0 Å². The number of nitrogens with zero attached hydrogens (tertiary/aromatic N) is 1. The highest BCUT2D eigenvalue weighted by molar-refractivity contribution is 5.94. The molecule has 3 amide bonds. The molecule has 1 fully saturated rings. The zero-order valence-corrected chi connectivity index (χ0v) is 14.7. The molecule has 3 rings (SSSR count). The minimum absolute atomic E-state index is 0.0918. The number of carbonyl (C=O) groups is 2. The number of rotatable bonds is 5. The molecule has 0 saturated carbocycles. The van der Waals surface area contributed by atoms with Crippen LogP contribution in [0.1, 0.15) is 48.0 Å². The molecular weight excluding hydrogens is 314 g/mol. The Labute approximate surface area is 149 Å². The van der Waals surface area contributed by atoms with Crippen LogP contribution in [0.15, 0.2) is 36.4 Å². The molecule has 1 aromatic carbocycles. The molecule has 1 aromatic rings. The van der Waals surface area contributed by atoms with Gasteiger partial charge in [-0.25, -0.2) is 4.79 Å². The Balaban J connectivity index is 1.46. The van der Waals surface area contributed by atoms with Crippen molar-refractivity contribution in [1.82, 2.24) is 15.5 Å². The van der Waals surface area contributed by atoms with Gasteiger partial charge in [-0.3, -0.25) is 4.79 Å². The maximum atomic E-state index is 12.4. The fraction of sp³-hybridized carbons (Fsp3) is 0.500. The van der Waals surface area contributed by atoms with Gasteiger partial charge in [-0.15, -0.1) is 0 Å². The third kappa shape index (κ3) is 5.08. The van der Waals surface area contributed by atoms with Crippen molar-refractivity contribution >= 4 is 11.9 Å². The molecule has 5 heteroatoms. The fourth-order valence-electron chi connectivity index (χ4n) is 3.44. The van der Waals surface area contributed by atoms with E-state index < -0.39 is 0 Å². The number of hydrogen-bond donors (Lipinski definition) is 2. The van der Waals surface area contributed by atoms with E-state index in [0.717, 1.165) is 50.8 Å². The van der Waals surface area contributed by atoms with Gasteiger partial charge in [0.1, 0.15) is 0 Å². The topological polar surface area (TPSA) is 61.4 Å². The van der Waals surface area contributed by atoms with E-state index in [1.54, 1.807) is 0 Å². The Kier molecular flexibility index (Phi) is 6.09. The number of urea groups is 1. The highest BCUT2D eigenvalue weighted by Gasteiger charge is 2.19. The summed E-state index contributed by atoms with van der Waals surface area (Å²) in [5, 5.41) is 5.83. The van der Waals surface area contributed by atoms with Crippen LogP contribution in [0.25, 0.3) is 0 Å². The molecule has 1 aliphatic carbocycles. The largest absolute Gasteiger partial charge is 0.339 e. The maximum absolute atomic E-state index is 12.4. The van der Waals surface area contributed by atoms with Gasteiger partial charge in [0.05, 0.1) is 0 Å². The molecule has 0 bridgehead atoms. The van der Waals surface area contributed by atoms with Gasteiger partial charge in [0.15, 0.2) is 0 Å². The smallest absolute Gasteiger partial charge is 0.315 e. The lowest BCUT2D eigenvalue weighted by atomic mass is 9.94. The van der Waals surface area contributed by atoms with Crippen LogP contribution in [0.5, 0.6) is 0 Å². The first-order chi connectivity index (χ1) is 12.2. The maximum Gasteiger partial charge on any atom is 0.315 e. The highest BCUT2D eigenvalue weighted by atomic mass is 16.2. The van der Waals surface area contributed by atoms with Crippen LogP contribution < -0.4 is 10.6 Å². The quantitative estimate of drug-likeness (QED) is 0.809. The zero-order chi connectivity index (χ0) is 17.5. The second-order valence-electron chi connectivity index (χ2n) is 6.91. The number of carbonyl (C=O) groups excluding carboxylic acids is 2. The van der Waals surface area contributed by atoms with Crippen molar-refractivity contribution in [1.29, 1.82) is 0 Å². The molecule has 0 radical (unpaired) electrons. The van der Waals surface area contributed by atoms with E-state index in [4.69, 9.17) is 0 Å². The Morgan fingerprint density at radius 2 is 1.96 bits per heavy atom. The third-order valence-corrected chi connectivity index (χ3v) is 4.95. The number of allylic oxidation sites excluding steroid dienone is 2. The van der Waals surface area contributed by atoms with E-state index in [2.05, 4.69) is 22.8 Å². The first-order valence-corrected chi connectivity index (χ1v) is 9.27. The number of hydrogen-bond acceptors (Lipinski definition) is 2. The lowest BCUT2D eigenvalue weighted by Crippen LogP contribution is -2.38. The molecule has 1 aliphatic heterocycles. The van der Waals surface area contributed by atoms with Crippen LogP contribution in [-0.2, 0) is 6.54 Å². The van der Waals surface area contributed by atoms with E-state index in [-0.39, 0.29) is 11.9 Å². The number of likely N-dealkylation sites (tertiary alicyclic amines) is 1. The van der Waals surface area contributed by atoms with Crippen molar-refractivity contribution in [3.05, 3.63) is 47.5 Å². The van der Waals surface area contributed by atoms with Crippen molar-refractivity contribution < 1.29 is 9.59 Å². The van der Waals surface area contributed by atoms with E-state index in [0.29, 0.717) is 24.6 Å². The van der Waals surface area contributed by atoms with Crippen LogP contribution in [0.4, 0.5) is 4.79 Å². The Hall–Kier alpha value is -2.30. The lowest BCUT2D eigenvalue weighted by molar-refractivity contribution is 0.0792. The number of benzene rings is 1. The molecular formula is C20H27N3O2. The van der Waals surface area contributed by atoms with E-state index in [1.165, 1.54) is 0 Å². The van der Waals surface area contributed by atoms with Gasteiger partial charge in [-0.2, -0.15) is 0 Å². The summed E-state index contributed by atoms with van der Waals surface area (Å²) in [6.45, 7) is 2.83. The minimum Gasteiger partial charge on any atom is -0.339 e.